The molecule has 24 heavy (non-hydrogen) atoms. The van der Waals surface area contributed by atoms with Crippen LogP contribution >= 0.6 is 0 Å². The number of fused-ring (bicyclic) bond motifs is 2. The number of phenols is 2. The number of nitrogens with zero attached hydrogens (tertiary/aromatic N) is 1. The van der Waals surface area contributed by atoms with Gasteiger partial charge in [0.2, 0.25) is 0 Å². The molecule has 122 valence electrons. The lowest BCUT2D eigenvalue weighted by Crippen LogP contribution is -2.22. The molecule has 3 aromatic rings. The Morgan fingerprint density at radius 1 is 1.04 bits per heavy atom. The van der Waals surface area contributed by atoms with Gasteiger partial charge < -0.3 is 25.3 Å². The summed E-state index contributed by atoms with van der Waals surface area (Å²) in [5, 5.41) is 20.8. The molecule has 0 aliphatic carbocycles. The zero-order chi connectivity index (χ0) is 16.8. The van der Waals surface area contributed by atoms with E-state index in [1.165, 1.54) is 6.07 Å². The largest absolute Gasteiger partial charge is 0.508 e. The molecule has 0 fully saturated rings. The van der Waals surface area contributed by atoms with Crippen LogP contribution in [0.4, 0.5) is 0 Å². The summed E-state index contributed by atoms with van der Waals surface area (Å²) in [6.45, 7) is 0.920. The van der Waals surface area contributed by atoms with Crippen LogP contribution in [0.25, 0.3) is 21.9 Å². The molecule has 0 radical (unpaired) electrons. The Morgan fingerprint density at radius 2 is 1.83 bits per heavy atom. The van der Waals surface area contributed by atoms with Gasteiger partial charge in [0.25, 0.3) is 5.56 Å². The van der Waals surface area contributed by atoms with E-state index in [0.29, 0.717) is 42.0 Å². The van der Waals surface area contributed by atoms with E-state index in [9.17, 15) is 15.0 Å². The number of aromatic hydroxyl groups is 2. The molecule has 1 aliphatic rings. The zero-order valence-electron chi connectivity index (χ0n) is 12.8. The molecule has 0 atom stereocenters. The Balaban J connectivity index is 2.11. The van der Waals surface area contributed by atoms with Crippen LogP contribution in [0.5, 0.6) is 23.0 Å². The van der Waals surface area contributed by atoms with Crippen molar-refractivity contribution in [2.24, 2.45) is 5.73 Å². The molecule has 0 spiro atoms. The van der Waals surface area contributed by atoms with E-state index in [2.05, 4.69) is 0 Å². The maximum atomic E-state index is 12.7. The number of hydrogen-bond donors (Lipinski definition) is 3. The van der Waals surface area contributed by atoms with E-state index >= 15 is 0 Å². The van der Waals surface area contributed by atoms with Crippen LogP contribution in [0.15, 0.2) is 41.3 Å². The Bertz CT molecular complexity index is 1020. The first-order valence-corrected chi connectivity index (χ1v) is 7.70. The molecule has 4 rings (SSSR count). The monoisotopic (exact) mass is 324 g/mol. The Hall–Kier alpha value is -2.99. The van der Waals surface area contributed by atoms with Crippen molar-refractivity contribution < 1.29 is 14.9 Å². The molecular weight excluding hydrogens is 308 g/mol. The van der Waals surface area contributed by atoms with Gasteiger partial charge in [0, 0.05) is 29.3 Å². The van der Waals surface area contributed by atoms with Crippen molar-refractivity contribution in [3.05, 3.63) is 46.9 Å². The second kappa shape index (κ2) is 5.28. The highest BCUT2D eigenvalue weighted by Crippen LogP contribution is 2.48. The Morgan fingerprint density at radius 3 is 2.62 bits per heavy atom. The molecule has 6 heteroatoms. The maximum Gasteiger partial charge on any atom is 0.262 e. The number of nitrogens with two attached hydrogens (primary N) is 1. The molecule has 0 saturated carbocycles. The fraction of sp³-hybridized carbons (Fsp3) is 0.167. The third-order valence-corrected chi connectivity index (χ3v) is 4.25. The van der Waals surface area contributed by atoms with E-state index in [-0.39, 0.29) is 22.4 Å². The second-order valence-electron chi connectivity index (χ2n) is 5.80. The first-order chi connectivity index (χ1) is 11.6. The summed E-state index contributed by atoms with van der Waals surface area (Å²) in [5.41, 5.74) is 6.69. The highest BCUT2D eigenvalue weighted by Gasteiger charge is 2.24. The molecule has 2 aromatic carbocycles. The second-order valence-corrected chi connectivity index (χ2v) is 5.80. The fourth-order valence-electron chi connectivity index (χ4n) is 3.13. The molecule has 1 aliphatic heterocycles. The van der Waals surface area contributed by atoms with Crippen LogP contribution in [0, 0.1) is 0 Å². The van der Waals surface area contributed by atoms with Gasteiger partial charge in [-0.2, -0.15) is 0 Å². The zero-order valence-corrected chi connectivity index (χ0v) is 12.8. The number of ether oxygens (including phenoxy) is 1. The van der Waals surface area contributed by atoms with Crippen LogP contribution in [0.2, 0.25) is 0 Å². The molecule has 0 unspecified atom stereocenters. The van der Waals surface area contributed by atoms with Gasteiger partial charge in [0.15, 0.2) is 0 Å². The first-order valence-electron chi connectivity index (χ1n) is 7.70. The number of aryl methyl sites for hydroxylation is 1. The van der Waals surface area contributed by atoms with E-state index < -0.39 is 0 Å². The van der Waals surface area contributed by atoms with Crippen LogP contribution in [0.1, 0.15) is 6.42 Å². The van der Waals surface area contributed by atoms with Gasteiger partial charge in [-0.05, 0) is 43.3 Å². The number of pyridine rings is 1. The van der Waals surface area contributed by atoms with Gasteiger partial charge in [-0.15, -0.1) is 0 Å². The van der Waals surface area contributed by atoms with Crippen molar-refractivity contribution in [2.45, 2.75) is 13.0 Å². The number of benzene rings is 2. The van der Waals surface area contributed by atoms with Crippen molar-refractivity contribution in [3.8, 4) is 34.1 Å². The van der Waals surface area contributed by atoms with Crippen molar-refractivity contribution >= 4 is 10.8 Å². The summed E-state index contributed by atoms with van der Waals surface area (Å²) in [6.07, 6.45) is 2.39. The summed E-state index contributed by atoms with van der Waals surface area (Å²) >= 11 is 0. The van der Waals surface area contributed by atoms with Crippen molar-refractivity contribution in [1.82, 2.24) is 4.57 Å². The van der Waals surface area contributed by atoms with Gasteiger partial charge in [-0.25, -0.2) is 0 Å². The predicted octanol–water partition coefficient (Wildman–Crippen LogP) is 2.53. The third kappa shape index (κ3) is 2.04. The van der Waals surface area contributed by atoms with Gasteiger partial charge >= 0.3 is 0 Å². The molecule has 1 aromatic heterocycles. The molecule has 0 amide bonds. The summed E-state index contributed by atoms with van der Waals surface area (Å²) in [6, 6.07) is 7.92. The molecule has 2 heterocycles. The Kier molecular flexibility index (Phi) is 3.21. The normalized spacial score (nSPS) is 12.0. The van der Waals surface area contributed by atoms with Gasteiger partial charge in [-0.3, -0.25) is 4.79 Å². The predicted molar refractivity (Wildman–Crippen MR) is 90.7 cm³/mol. The van der Waals surface area contributed by atoms with E-state index in [1.807, 2.05) is 0 Å². The van der Waals surface area contributed by atoms with Crippen LogP contribution in [-0.2, 0) is 6.54 Å². The van der Waals surface area contributed by atoms with E-state index in [0.717, 1.165) is 5.56 Å². The summed E-state index contributed by atoms with van der Waals surface area (Å²) in [4.78, 5) is 12.7. The average Bonchev–Trinajstić information content (AvgIpc) is 2.58. The van der Waals surface area contributed by atoms with E-state index in [4.69, 9.17) is 10.5 Å². The Labute approximate surface area is 137 Å². The highest BCUT2D eigenvalue weighted by molar-refractivity contribution is 6.05. The highest BCUT2D eigenvalue weighted by atomic mass is 16.5. The molecule has 4 N–H and O–H groups in total. The quantitative estimate of drug-likeness (QED) is 0.538. The van der Waals surface area contributed by atoms with E-state index in [1.54, 1.807) is 35.0 Å². The van der Waals surface area contributed by atoms with Gasteiger partial charge in [0.05, 0.1) is 5.39 Å². The lowest BCUT2D eigenvalue weighted by atomic mass is 9.96. The van der Waals surface area contributed by atoms with Crippen molar-refractivity contribution in [2.75, 3.05) is 6.54 Å². The molecule has 6 nitrogen and oxygen atoms in total. The minimum absolute atomic E-state index is 0.0886. The lowest BCUT2D eigenvalue weighted by Gasteiger charge is -2.22. The lowest BCUT2D eigenvalue weighted by molar-refractivity contribution is 0.463. The van der Waals surface area contributed by atoms with Crippen LogP contribution in [-0.4, -0.2) is 21.3 Å². The van der Waals surface area contributed by atoms with Gasteiger partial charge in [-0.1, -0.05) is 0 Å². The minimum atomic E-state index is -0.284. The number of aromatic nitrogens is 1. The fourth-order valence-corrected chi connectivity index (χ4v) is 3.13. The van der Waals surface area contributed by atoms with Crippen LogP contribution < -0.4 is 16.0 Å². The summed E-state index contributed by atoms with van der Waals surface area (Å²) < 4.78 is 7.39. The van der Waals surface area contributed by atoms with Crippen molar-refractivity contribution in [3.63, 3.8) is 0 Å². The molecule has 0 bridgehead atoms. The van der Waals surface area contributed by atoms with Gasteiger partial charge in [0.1, 0.15) is 23.0 Å². The number of hydrogen-bond acceptors (Lipinski definition) is 5. The van der Waals surface area contributed by atoms with Crippen LogP contribution in [0.3, 0.4) is 0 Å². The minimum Gasteiger partial charge on any atom is -0.508 e. The molecule has 0 saturated heterocycles. The molecular formula is C18H16N2O4. The summed E-state index contributed by atoms with van der Waals surface area (Å²) in [5.74, 6) is 1.12. The van der Waals surface area contributed by atoms with Crippen molar-refractivity contribution in [1.29, 1.82) is 0 Å². The average molecular weight is 324 g/mol. The smallest absolute Gasteiger partial charge is 0.262 e. The topological polar surface area (TPSA) is 97.7 Å². The third-order valence-electron chi connectivity index (χ3n) is 4.25. The SMILES string of the molecule is NCCCn1cc2c3c(ccc(O)c3c1=O)Oc1ccc(O)cc1-2. The maximum absolute atomic E-state index is 12.7. The number of phenolic OH excluding ortho intramolecular Hbond substituents is 2. The summed E-state index contributed by atoms with van der Waals surface area (Å²) in [7, 11) is 0. The standard InChI is InChI=1S/C18H16N2O4/c19-6-1-7-20-9-12-11-8-10(21)2-4-14(11)24-15-5-3-13(22)17(16(12)15)18(20)23/h2-5,8-9,21-22H,1,6-7,19H2. The first kappa shape index (κ1) is 14.6. The number of rotatable bonds is 3.